The van der Waals surface area contributed by atoms with E-state index in [9.17, 15) is 13.2 Å². The van der Waals surface area contributed by atoms with Crippen LogP contribution in [-0.4, -0.2) is 47.4 Å². The second-order valence-corrected chi connectivity index (χ2v) is 9.61. The van der Waals surface area contributed by atoms with E-state index in [2.05, 4.69) is 4.98 Å². The van der Waals surface area contributed by atoms with Gasteiger partial charge >= 0.3 is 0 Å². The van der Waals surface area contributed by atoms with Gasteiger partial charge in [-0.15, -0.1) is 0 Å². The van der Waals surface area contributed by atoms with E-state index >= 15 is 0 Å². The molecule has 8 heteroatoms. The summed E-state index contributed by atoms with van der Waals surface area (Å²) >= 11 is 0. The summed E-state index contributed by atoms with van der Waals surface area (Å²) in [6, 6.07) is 19.4. The van der Waals surface area contributed by atoms with Gasteiger partial charge in [-0.25, -0.2) is 17.4 Å². The molecule has 0 radical (unpaired) electrons. The van der Waals surface area contributed by atoms with Gasteiger partial charge in [0, 0.05) is 49.4 Å². The first-order chi connectivity index (χ1) is 15.9. The van der Waals surface area contributed by atoms with Crippen LogP contribution in [0, 0.1) is 0 Å². The van der Waals surface area contributed by atoms with Gasteiger partial charge in [-0.1, -0.05) is 30.3 Å². The van der Waals surface area contributed by atoms with Crippen LogP contribution in [0.1, 0.15) is 15.9 Å². The fourth-order valence-electron chi connectivity index (χ4n) is 3.24. The van der Waals surface area contributed by atoms with Gasteiger partial charge in [0.15, 0.2) is 5.78 Å². The summed E-state index contributed by atoms with van der Waals surface area (Å²) < 4.78 is 27.7. The highest BCUT2D eigenvalue weighted by atomic mass is 32.2. The lowest BCUT2D eigenvalue weighted by Gasteiger charge is -2.11. The average molecular weight is 459 g/mol. The number of rotatable bonds is 7. The number of aromatic nitrogens is 3. The Morgan fingerprint density at radius 3 is 2.39 bits per heavy atom. The Morgan fingerprint density at radius 2 is 1.70 bits per heavy atom. The van der Waals surface area contributed by atoms with Crippen molar-refractivity contribution in [1.82, 2.24) is 19.1 Å². The summed E-state index contributed by atoms with van der Waals surface area (Å²) in [7, 11) is -0.726. The van der Waals surface area contributed by atoms with Crippen LogP contribution in [-0.2, 0) is 10.0 Å². The van der Waals surface area contributed by atoms with Crippen molar-refractivity contribution in [3.8, 4) is 16.9 Å². The van der Waals surface area contributed by atoms with Crippen molar-refractivity contribution in [3.63, 3.8) is 0 Å². The minimum atomic E-state index is -3.63. The van der Waals surface area contributed by atoms with E-state index in [-0.39, 0.29) is 16.2 Å². The largest absolute Gasteiger partial charge is 0.289 e. The first-order valence-electron chi connectivity index (χ1n) is 10.2. The number of benzene rings is 2. The molecule has 0 atom stereocenters. The number of para-hydroxylation sites is 1. The summed E-state index contributed by atoms with van der Waals surface area (Å²) in [6.45, 7) is 0. The molecule has 2 aromatic carbocycles. The number of pyridine rings is 1. The van der Waals surface area contributed by atoms with E-state index in [4.69, 9.17) is 5.10 Å². The van der Waals surface area contributed by atoms with Crippen molar-refractivity contribution in [2.75, 3.05) is 14.1 Å². The Labute approximate surface area is 192 Å². The second kappa shape index (κ2) is 9.32. The van der Waals surface area contributed by atoms with E-state index in [1.54, 1.807) is 35.3 Å². The summed E-state index contributed by atoms with van der Waals surface area (Å²) in [5.74, 6) is -0.307. The maximum absolute atomic E-state index is 12.9. The zero-order valence-corrected chi connectivity index (χ0v) is 19.0. The molecule has 4 aromatic rings. The minimum Gasteiger partial charge on any atom is -0.289 e. The van der Waals surface area contributed by atoms with Crippen LogP contribution < -0.4 is 0 Å². The lowest BCUT2D eigenvalue weighted by molar-refractivity contribution is 0.104. The number of sulfonamides is 1. The topological polar surface area (TPSA) is 85.2 Å². The minimum absolute atomic E-state index is 0.0705. The first-order valence-corrected chi connectivity index (χ1v) is 11.6. The molecule has 0 saturated carbocycles. The van der Waals surface area contributed by atoms with Crippen LogP contribution in [0.25, 0.3) is 23.0 Å². The molecule has 166 valence electrons. The standard InChI is InChI=1S/C25H22N4O3S/c1-28(2)33(31,32)23-10-6-7-20(17-23)24(30)12-11-21-18-29(22-8-4-3-5-9-22)27-25(21)19-13-15-26-16-14-19/h3-18H,1-2H3/b12-11+. The van der Waals surface area contributed by atoms with E-state index in [1.165, 1.54) is 32.3 Å². The van der Waals surface area contributed by atoms with Crippen molar-refractivity contribution in [3.05, 3.63) is 103 Å². The first kappa shape index (κ1) is 22.3. The summed E-state index contributed by atoms with van der Waals surface area (Å²) in [5.41, 5.74) is 3.49. The SMILES string of the molecule is CN(C)S(=O)(=O)c1cccc(C(=O)/C=C/c2cn(-c3ccccc3)nc2-c2ccncc2)c1. The molecule has 0 fully saturated rings. The molecule has 0 bridgehead atoms. The van der Waals surface area contributed by atoms with E-state index in [0.29, 0.717) is 5.69 Å². The van der Waals surface area contributed by atoms with Gasteiger partial charge in [0.1, 0.15) is 5.69 Å². The van der Waals surface area contributed by atoms with Crippen LogP contribution >= 0.6 is 0 Å². The van der Waals surface area contributed by atoms with Crippen molar-refractivity contribution < 1.29 is 13.2 Å². The molecule has 2 aromatic heterocycles. The van der Waals surface area contributed by atoms with Crippen LogP contribution in [0.5, 0.6) is 0 Å². The van der Waals surface area contributed by atoms with Gasteiger partial charge in [-0.3, -0.25) is 9.78 Å². The van der Waals surface area contributed by atoms with Crippen molar-refractivity contribution in [2.24, 2.45) is 0 Å². The lowest BCUT2D eigenvalue weighted by Crippen LogP contribution is -2.22. The molecule has 2 heterocycles. The number of ketones is 1. The quantitative estimate of drug-likeness (QED) is 0.308. The van der Waals surface area contributed by atoms with E-state index in [0.717, 1.165) is 21.1 Å². The van der Waals surface area contributed by atoms with E-state index in [1.807, 2.05) is 48.7 Å². The Hall–Kier alpha value is -3.88. The van der Waals surface area contributed by atoms with Gasteiger partial charge in [-0.05, 0) is 48.6 Å². The maximum Gasteiger partial charge on any atom is 0.242 e. The number of hydrogen-bond acceptors (Lipinski definition) is 5. The highest BCUT2D eigenvalue weighted by Gasteiger charge is 2.18. The van der Waals surface area contributed by atoms with Crippen molar-refractivity contribution in [1.29, 1.82) is 0 Å². The van der Waals surface area contributed by atoms with Gasteiger partial charge in [0.25, 0.3) is 0 Å². The fraction of sp³-hybridized carbons (Fsp3) is 0.0800. The van der Waals surface area contributed by atoms with Crippen LogP contribution in [0.4, 0.5) is 0 Å². The highest BCUT2D eigenvalue weighted by molar-refractivity contribution is 7.89. The maximum atomic E-state index is 12.9. The molecule has 0 N–H and O–H groups in total. The third kappa shape index (κ3) is 4.82. The average Bonchev–Trinajstić information content (AvgIpc) is 3.28. The molecule has 0 saturated heterocycles. The summed E-state index contributed by atoms with van der Waals surface area (Å²) in [4.78, 5) is 17.0. The molecule has 4 rings (SSSR count). The Kier molecular flexibility index (Phi) is 6.30. The lowest BCUT2D eigenvalue weighted by atomic mass is 10.1. The Bertz CT molecular complexity index is 1410. The molecule has 0 amide bonds. The molecular weight excluding hydrogens is 436 g/mol. The summed E-state index contributed by atoms with van der Waals surface area (Å²) in [6.07, 6.45) is 8.34. The molecule has 0 aliphatic carbocycles. The monoisotopic (exact) mass is 458 g/mol. The summed E-state index contributed by atoms with van der Waals surface area (Å²) in [5, 5.41) is 4.71. The van der Waals surface area contributed by atoms with Crippen molar-refractivity contribution in [2.45, 2.75) is 4.90 Å². The third-order valence-corrected chi connectivity index (χ3v) is 6.84. The van der Waals surface area contributed by atoms with Gasteiger partial charge in [0.2, 0.25) is 10.0 Å². The van der Waals surface area contributed by atoms with Gasteiger partial charge < -0.3 is 0 Å². The molecule has 0 aliphatic rings. The van der Waals surface area contributed by atoms with Gasteiger partial charge in [0.05, 0.1) is 10.6 Å². The predicted octanol–water partition coefficient (Wildman–Crippen LogP) is 4.08. The van der Waals surface area contributed by atoms with E-state index < -0.39 is 10.0 Å². The molecule has 33 heavy (non-hydrogen) atoms. The normalized spacial score (nSPS) is 11.8. The molecule has 0 unspecified atom stereocenters. The van der Waals surface area contributed by atoms with Crippen molar-refractivity contribution >= 4 is 21.9 Å². The molecule has 0 aliphatic heterocycles. The predicted molar refractivity (Wildman–Crippen MR) is 127 cm³/mol. The Morgan fingerprint density at radius 1 is 0.970 bits per heavy atom. The number of carbonyl (C=O) groups excluding carboxylic acids is 1. The Balaban J connectivity index is 1.70. The molecule has 7 nitrogen and oxygen atoms in total. The zero-order chi connectivity index (χ0) is 23.4. The third-order valence-electron chi connectivity index (χ3n) is 5.03. The smallest absolute Gasteiger partial charge is 0.242 e. The molecular formula is C25H22N4O3S. The van der Waals surface area contributed by atoms with Crippen LogP contribution in [0.3, 0.4) is 0 Å². The molecule has 0 spiro atoms. The number of allylic oxidation sites excluding steroid dienone is 1. The number of hydrogen-bond donors (Lipinski definition) is 0. The van der Waals surface area contributed by atoms with Crippen LogP contribution in [0.2, 0.25) is 0 Å². The highest BCUT2D eigenvalue weighted by Crippen LogP contribution is 2.25. The second-order valence-electron chi connectivity index (χ2n) is 7.46. The van der Waals surface area contributed by atoms with Gasteiger partial charge in [-0.2, -0.15) is 5.10 Å². The zero-order valence-electron chi connectivity index (χ0n) is 18.2. The number of carbonyl (C=O) groups is 1. The fourth-order valence-corrected chi connectivity index (χ4v) is 4.19. The van der Waals surface area contributed by atoms with Crippen LogP contribution in [0.15, 0.2) is 96.3 Å². The number of nitrogens with zero attached hydrogens (tertiary/aromatic N) is 4.